The van der Waals surface area contributed by atoms with E-state index in [0.717, 1.165) is 0 Å². The normalized spacial score (nSPS) is 13.7. The van der Waals surface area contributed by atoms with Crippen molar-refractivity contribution in [2.75, 3.05) is 27.5 Å². The maximum absolute atomic E-state index is 11.7. The van der Waals surface area contributed by atoms with Crippen molar-refractivity contribution < 1.29 is 23.1 Å². The molecule has 84 valence electrons. The van der Waals surface area contributed by atoms with Crippen LogP contribution in [0.2, 0.25) is 0 Å². The summed E-state index contributed by atoms with van der Waals surface area (Å²) in [5, 5.41) is 0. The summed E-state index contributed by atoms with van der Waals surface area (Å²) in [5.41, 5.74) is 0. The van der Waals surface area contributed by atoms with Gasteiger partial charge in [0, 0.05) is 14.2 Å². The molecule has 0 aliphatic rings. The van der Waals surface area contributed by atoms with Gasteiger partial charge in [-0.2, -0.15) is 0 Å². The van der Waals surface area contributed by atoms with Crippen LogP contribution < -0.4 is 0 Å². The molecule has 0 aliphatic carbocycles. The molecule has 0 aromatic heterocycles. The van der Waals surface area contributed by atoms with Crippen LogP contribution in [0.5, 0.6) is 0 Å². The fourth-order valence-electron chi connectivity index (χ4n) is 1.03. The van der Waals surface area contributed by atoms with Gasteiger partial charge in [-0.3, -0.25) is 9.36 Å². The average Bonchev–Trinajstić information content (AvgIpc) is 2.24. The second kappa shape index (κ2) is 6.17. The summed E-state index contributed by atoms with van der Waals surface area (Å²) in [6, 6.07) is 0. The van der Waals surface area contributed by atoms with Gasteiger partial charge in [0.1, 0.15) is 0 Å². The molecule has 0 saturated carbocycles. The number of methoxy groups -OCH3 is 1. The van der Waals surface area contributed by atoms with Gasteiger partial charge in [-0.05, 0) is 6.42 Å². The maximum atomic E-state index is 11.7. The first-order valence-electron chi connectivity index (χ1n) is 4.31. The monoisotopic (exact) mass is 224 g/mol. The molecule has 6 heteroatoms. The Bertz CT molecular complexity index is 220. The molecule has 0 amide bonds. The summed E-state index contributed by atoms with van der Waals surface area (Å²) in [6.45, 7) is 1.82. The Morgan fingerprint density at radius 1 is 1.29 bits per heavy atom. The molecule has 0 radical (unpaired) electrons. The van der Waals surface area contributed by atoms with Crippen LogP contribution in [0, 0.1) is 5.92 Å². The largest absolute Gasteiger partial charge is 0.469 e. The summed E-state index contributed by atoms with van der Waals surface area (Å²) in [5.74, 6) is -0.826. The molecule has 0 fully saturated rings. The van der Waals surface area contributed by atoms with Gasteiger partial charge in [-0.25, -0.2) is 0 Å². The van der Waals surface area contributed by atoms with Gasteiger partial charge in [-0.1, -0.05) is 6.92 Å². The fraction of sp³-hybridized carbons (Fsp3) is 0.875. The molecule has 0 N–H and O–H groups in total. The molecule has 0 unspecified atom stereocenters. The van der Waals surface area contributed by atoms with E-state index in [-0.39, 0.29) is 12.1 Å². The van der Waals surface area contributed by atoms with Crippen molar-refractivity contribution >= 4 is 13.6 Å². The number of rotatable bonds is 6. The number of hydrogen-bond donors (Lipinski definition) is 0. The predicted octanol–water partition coefficient (Wildman–Crippen LogP) is 1.67. The molecule has 0 saturated heterocycles. The molecule has 0 aromatic carbocycles. The minimum Gasteiger partial charge on any atom is -0.469 e. The fourth-order valence-corrected chi connectivity index (χ4v) is 2.42. The van der Waals surface area contributed by atoms with Crippen LogP contribution in [0.3, 0.4) is 0 Å². The highest BCUT2D eigenvalue weighted by Gasteiger charge is 2.30. The van der Waals surface area contributed by atoms with E-state index in [1.54, 1.807) is 0 Å². The molecule has 5 nitrogen and oxygen atoms in total. The Morgan fingerprint density at radius 2 is 1.79 bits per heavy atom. The topological polar surface area (TPSA) is 61.8 Å². The Hall–Kier alpha value is -0.380. The van der Waals surface area contributed by atoms with Gasteiger partial charge in [0.15, 0.2) is 0 Å². The van der Waals surface area contributed by atoms with Crippen LogP contribution in [0.15, 0.2) is 0 Å². The molecule has 1 atom stereocenters. The number of hydrogen-bond acceptors (Lipinski definition) is 5. The zero-order valence-electron chi connectivity index (χ0n) is 8.98. The maximum Gasteiger partial charge on any atom is 0.331 e. The Labute approximate surface area is 84.3 Å². The molecule has 0 aliphatic heterocycles. The average molecular weight is 224 g/mol. The van der Waals surface area contributed by atoms with Crippen LogP contribution in [0.25, 0.3) is 0 Å². The molecule has 0 rings (SSSR count). The molecule has 14 heavy (non-hydrogen) atoms. The van der Waals surface area contributed by atoms with E-state index in [4.69, 9.17) is 9.05 Å². The van der Waals surface area contributed by atoms with E-state index in [0.29, 0.717) is 6.42 Å². The summed E-state index contributed by atoms with van der Waals surface area (Å²) >= 11 is 0. The molecular formula is C8H17O5P. The summed E-state index contributed by atoms with van der Waals surface area (Å²) in [6.07, 6.45) is 0.604. The van der Waals surface area contributed by atoms with Crippen LogP contribution in [-0.2, 0) is 23.1 Å². The van der Waals surface area contributed by atoms with Gasteiger partial charge < -0.3 is 13.8 Å². The van der Waals surface area contributed by atoms with E-state index in [1.165, 1.54) is 21.3 Å². The minimum absolute atomic E-state index is 0.0587. The summed E-state index contributed by atoms with van der Waals surface area (Å²) in [7, 11) is 0.779. The molecule has 0 aromatic rings. The van der Waals surface area contributed by atoms with Crippen molar-refractivity contribution in [2.45, 2.75) is 13.3 Å². The van der Waals surface area contributed by atoms with E-state index in [1.807, 2.05) is 6.92 Å². The number of carbonyl (C=O) groups is 1. The van der Waals surface area contributed by atoms with Crippen molar-refractivity contribution in [1.82, 2.24) is 0 Å². The number of carbonyl (C=O) groups excluding carboxylic acids is 1. The van der Waals surface area contributed by atoms with Crippen molar-refractivity contribution in [3.8, 4) is 0 Å². The van der Waals surface area contributed by atoms with Crippen LogP contribution in [-0.4, -0.2) is 33.5 Å². The third-order valence-corrected chi connectivity index (χ3v) is 4.03. The first-order chi connectivity index (χ1) is 6.52. The second-order valence-corrected chi connectivity index (χ2v) is 5.10. The molecule has 0 spiro atoms. The lowest BCUT2D eigenvalue weighted by Gasteiger charge is -2.18. The van der Waals surface area contributed by atoms with E-state index in [2.05, 4.69) is 4.74 Å². The van der Waals surface area contributed by atoms with Crippen LogP contribution in [0.1, 0.15) is 13.3 Å². The van der Waals surface area contributed by atoms with E-state index < -0.39 is 13.5 Å². The van der Waals surface area contributed by atoms with Gasteiger partial charge >= 0.3 is 13.6 Å². The highest BCUT2D eigenvalue weighted by Crippen LogP contribution is 2.48. The van der Waals surface area contributed by atoms with Crippen LogP contribution >= 0.6 is 7.60 Å². The smallest absolute Gasteiger partial charge is 0.331 e. The SMILES string of the molecule is CC[C@H](CP(=O)(OC)OC)C(=O)OC. The predicted molar refractivity (Wildman–Crippen MR) is 52.3 cm³/mol. The Balaban J connectivity index is 4.44. The second-order valence-electron chi connectivity index (χ2n) is 2.79. The quantitative estimate of drug-likeness (QED) is 0.507. The lowest BCUT2D eigenvalue weighted by atomic mass is 10.1. The number of ether oxygens (including phenoxy) is 1. The third-order valence-electron chi connectivity index (χ3n) is 2.03. The lowest BCUT2D eigenvalue weighted by molar-refractivity contribution is -0.144. The van der Waals surface area contributed by atoms with Gasteiger partial charge in [-0.15, -0.1) is 0 Å². The van der Waals surface area contributed by atoms with Crippen molar-refractivity contribution in [3.63, 3.8) is 0 Å². The van der Waals surface area contributed by atoms with E-state index >= 15 is 0 Å². The zero-order chi connectivity index (χ0) is 11.2. The summed E-state index contributed by atoms with van der Waals surface area (Å²) < 4.78 is 25.7. The van der Waals surface area contributed by atoms with Crippen molar-refractivity contribution in [2.24, 2.45) is 5.92 Å². The van der Waals surface area contributed by atoms with Crippen molar-refractivity contribution in [3.05, 3.63) is 0 Å². The first-order valence-corrected chi connectivity index (χ1v) is 6.04. The van der Waals surface area contributed by atoms with Gasteiger partial charge in [0.05, 0.1) is 19.2 Å². The highest BCUT2D eigenvalue weighted by molar-refractivity contribution is 7.53. The number of esters is 1. The zero-order valence-corrected chi connectivity index (χ0v) is 9.87. The van der Waals surface area contributed by atoms with Gasteiger partial charge in [0.2, 0.25) is 0 Å². The Morgan fingerprint density at radius 3 is 2.07 bits per heavy atom. The molecule has 0 bridgehead atoms. The van der Waals surface area contributed by atoms with Gasteiger partial charge in [0.25, 0.3) is 0 Å². The van der Waals surface area contributed by atoms with Crippen LogP contribution in [0.4, 0.5) is 0 Å². The minimum atomic E-state index is -3.12. The summed E-state index contributed by atoms with van der Waals surface area (Å²) in [4.78, 5) is 11.2. The first kappa shape index (κ1) is 13.6. The van der Waals surface area contributed by atoms with Crippen molar-refractivity contribution in [1.29, 1.82) is 0 Å². The Kier molecular flexibility index (Phi) is 6.00. The standard InChI is InChI=1S/C8H17O5P/c1-5-7(8(9)11-2)6-14(10,12-3)13-4/h7H,5-6H2,1-4H3/t7-/m1/s1. The third kappa shape index (κ3) is 3.78. The lowest BCUT2D eigenvalue weighted by Crippen LogP contribution is -2.20. The molecular weight excluding hydrogens is 207 g/mol. The molecule has 0 heterocycles. The van der Waals surface area contributed by atoms with E-state index in [9.17, 15) is 9.36 Å². The highest BCUT2D eigenvalue weighted by atomic mass is 31.2.